The van der Waals surface area contributed by atoms with Gasteiger partial charge in [0.15, 0.2) is 0 Å². The van der Waals surface area contributed by atoms with Crippen LogP contribution in [0.15, 0.2) is 0 Å². The van der Waals surface area contributed by atoms with Crippen molar-refractivity contribution >= 4 is 6.03 Å². The second kappa shape index (κ2) is 5.98. The molecule has 2 saturated carbocycles. The van der Waals surface area contributed by atoms with Crippen LogP contribution in [0.2, 0.25) is 0 Å². The van der Waals surface area contributed by atoms with Gasteiger partial charge in [-0.25, -0.2) is 4.79 Å². The lowest BCUT2D eigenvalue weighted by Gasteiger charge is -2.39. The first kappa shape index (κ1) is 16.6. The molecule has 23 heavy (non-hydrogen) atoms. The molecular formula is C18H30N4O. The van der Waals surface area contributed by atoms with E-state index >= 15 is 0 Å². The Morgan fingerprint density at radius 3 is 2.43 bits per heavy atom. The van der Waals surface area contributed by atoms with Gasteiger partial charge in [0.05, 0.1) is 12.6 Å². The molecule has 2 bridgehead atoms. The van der Waals surface area contributed by atoms with Crippen molar-refractivity contribution < 1.29 is 4.79 Å². The minimum Gasteiger partial charge on any atom is -0.335 e. The molecule has 0 aromatic heterocycles. The van der Waals surface area contributed by atoms with E-state index in [-0.39, 0.29) is 17.5 Å². The third-order valence-electron chi connectivity index (χ3n) is 7.32. The molecule has 0 radical (unpaired) electrons. The highest BCUT2D eigenvalue weighted by Crippen LogP contribution is 2.65. The summed E-state index contributed by atoms with van der Waals surface area (Å²) in [7, 11) is 0. The number of nitrogens with zero attached hydrogens (tertiary/aromatic N) is 2. The fourth-order valence-corrected chi connectivity index (χ4v) is 5.14. The molecule has 3 rings (SSSR count). The van der Waals surface area contributed by atoms with Gasteiger partial charge in [0, 0.05) is 25.2 Å². The molecule has 2 amide bonds. The van der Waals surface area contributed by atoms with Crippen LogP contribution in [0.3, 0.4) is 0 Å². The standard InChI is InChI=1S/C18H30N4O/c1-17(2)13-4-7-18(17,3)15(12-13)21-16(23)20-14-5-9-22(10-6-14)11-8-19/h13-15H,4-7,9-12H2,1-3H3,(H2,20,21,23)/t13-,15-,18-/m0/s1. The van der Waals surface area contributed by atoms with Gasteiger partial charge in [-0.15, -0.1) is 0 Å². The molecule has 0 aromatic rings. The van der Waals surface area contributed by atoms with Crippen molar-refractivity contribution in [1.29, 1.82) is 5.26 Å². The zero-order valence-corrected chi connectivity index (χ0v) is 14.7. The van der Waals surface area contributed by atoms with Gasteiger partial charge in [0.1, 0.15) is 0 Å². The third kappa shape index (κ3) is 2.82. The van der Waals surface area contributed by atoms with Gasteiger partial charge in [-0.2, -0.15) is 5.26 Å². The summed E-state index contributed by atoms with van der Waals surface area (Å²) in [6, 6.07) is 2.73. The molecular weight excluding hydrogens is 288 g/mol. The van der Waals surface area contributed by atoms with Crippen LogP contribution in [0.5, 0.6) is 0 Å². The maximum absolute atomic E-state index is 12.4. The molecule has 2 aliphatic carbocycles. The molecule has 5 nitrogen and oxygen atoms in total. The molecule has 1 heterocycles. The van der Waals surface area contributed by atoms with Crippen molar-refractivity contribution in [3.8, 4) is 6.07 Å². The summed E-state index contributed by atoms with van der Waals surface area (Å²) in [4.78, 5) is 14.6. The van der Waals surface area contributed by atoms with Gasteiger partial charge in [-0.05, 0) is 48.9 Å². The number of hydrogen-bond acceptors (Lipinski definition) is 3. The smallest absolute Gasteiger partial charge is 0.315 e. The van der Waals surface area contributed by atoms with E-state index < -0.39 is 0 Å². The molecule has 3 fully saturated rings. The summed E-state index contributed by atoms with van der Waals surface area (Å²) in [5.74, 6) is 0.743. The van der Waals surface area contributed by atoms with Crippen molar-refractivity contribution in [3.05, 3.63) is 0 Å². The SMILES string of the molecule is CC1(C)[C@H]2CC[C@@]1(C)[C@@H](NC(=O)NC1CCN(CC#N)CC1)C2. The lowest BCUT2D eigenvalue weighted by atomic mass is 9.69. The Balaban J connectivity index is 1.49. The van der Waals surface area contributed by atoms with Gasteiger partial charge < -0.3 is 10.6 Å². The number of carbonyl (C=O) groups is 1. The molecule has 2 N–H and O–H groups in total. The number of fused-ring (bicyclic) bond motifs is 2. The van der Waals surface area contributed by atoms with Crippen LogP contribution in [-0.4, -0.2) is 42.6 Å². The van der Waals surface area contributed by atoms with Gasteiger partial charge in [0.2, 0.25) is 0 Å². The molecule has 5 heteroatoms. The number of likely N-dealkylation sites (tertiary alicyclic amines) is 1. The van der Waals surface area contributed by atoms with Crippen LogP contribution >= 0.6 is 0 Å². The third-order valence-corrected chi connectivity index (χ3v) is 7.32. The lowest BCUT2D eigenvalue weighted by Crippen LogP contribution is -2.53. The average Bonchev–Trinajstić information content (AvgIpc) is 2.83. The minimum absolute atomic E-state index is 0.00157. The van der Waals surface area contributed by atoms with Gasteiger partial charge in [-0.1, -0.05) is 20.8 Å². The highest BCUT2D eigenvalue weighted by atomic mass is 16.2. The normalized spacial score (nSPS) is 36.6. The number of nitrogens with one attached hydrogen (secondary N) is 2. The molecule has 3 atom stereocenters. The van der Waals surface area contributed by atoms with E-state index in [1.807, 2.05) is 0 Å². The largest absolute Gasteiger partial charge is 0.335 e. The zero-order valence-electron chi connectivity index (χ0n) is 14.7. The van der Waals surface area contributed by atoms with Crippen molar-refractivity contribution in [1.82, 2.24) is 15.5 Å². The first-order valence-corrected chi connectivity index (χ1v) is 9.03. The predicted molar refractivity (Wildman–Crippen MR) is 89.8 cm³/mol. The van der Waals surface area contributed by atoms with Gasteiger partial charge in [-0.3, -0.25) is 4.90 Å². The van der Waals surface area contributed by atoms with E-state index in [1.54, 1.807) is 0 Å². The Morgan fingerprint density at radius 1 is 1.22 bits per heavy atom. The molecule has 0 spiro atoms. The Labute approximate surface area is 139 Å². The number of carbonyl (C=O) groups excluding carboxylic acids is 1. The second-order valence-electron chi connectivity index (χ2n) is 8.49. The predicted octanol–water partition coefficient (Wildman–Crippen LogP) is 2.49. The van der Waals surface area contributed by atoms with Crippen LogP contribution in [0.1, 0.15) is 52.9 Å². The van der Waals surface area contributed by atoms with E-state index in [4.69, 9.17) is 5.26 Å². The van der Waals surface area contributed by atoms with E-state index in [0.29, 0.717) is 18.0 Å². The summed E-state index contributed by atoms with van der Waals surface area (Å²) < 4.78 is 0. The quantitative estimate of drug-likeness (QED) is 0.786. The molecule has 0 aromatic carbocycles. The van der Waals surface area contributed by atoms with Crippen molar-refractivity contribution in [2.75, 3.05) is 19.6 Å². The maximum Gasteiger partial charge on any atom is 0.315 e. The number of hydrogen-bond donors (Lipinski definition) is 2. The van der Waals surface area contributed by atoms with Crippen LogP contribution in [0.25, 0.3) is 0 Å². The lowest BCUT2D eigenvalue weighted by molar-refractivity contribution is 0.122. The summed E-state index contributed by atoms with van der Waals surface area (Å²) in [6.45, 7) is 9.38. The van der Waals surface area contributed by atoms with E-state index in [2.05, 4.69) is 42.4 Å². The van der Waals surface area contributed by atoms with Crippen molar-refractivity contribution in [3.63, 3.8) is 0 Å². The van der Waals surface area contributed by atoms with Crippen LogP contribution < -0.4 is 10.6 Å². The van der Waals surface area contributed by atoms with Gasteiger partial charge >= 0.3 is 6.03 Å². The Bertz CT molecular complexity index is 504. The number of piperidine rings is 1. The highest BCUT2D eigenvalue weighted by Gasteiger charge is 2.61. The van der Waals surface area contributed by atoms with E-state index in [9.17, 15) is 4.79 Å². The first-order valence-electron chi connectivity index (χ1n) is 9.03. The van der Waals surface area contributed by atoms with Crippen LogP contribution in [-0.2, 0) is 0 Å². The highest BCUT2D eigenvalue weighted by molar-refractivity contribution is 5.74. The monoisotopic (exact) mass is 318 g/mol. The number of nitriles is 1. The average molecular weight is 318 g/mol. The molecule has 128 valence electrons. The number of amides is 2. The van der Waals surface area contributed by atoms with Crippen LogP contribution in [0, 0.1) is 28.1 Å². The Hall–Kier alpha value is -1.28. The Morgan fingerprint density at radius 2 is 1.91 bits per heavy atom. The summed E-state index contributed by atoms with van der Waals surface area (Å²) in [6.07, 6.45) is 5.52. The minimum atomic E-state index is -0.00157. The van der Waals surface area contributed by atoms with Gasteiger partial charge in [0.25, 0.3) is 0 Å². The number of rotatable bonds is 3. The van der Waals surface area contributed by atoms with Crippen molar-refractivity contribution in [2.45, 2.75) is 65.0 Å². The molecule has 1 saturated heterocycles. The fraction of sp³-hybridized carbons (Fsp3) is 0.889. The molecule has 0 unspecified atom stereocenters. The second-order valence-corrected chi connectivity index (χ2v) is 8.49. The Kier molecular flexibility index (Phi) is 4.31. The van der Waals surface area contributed by atoms with E-state index in [1.165, 1.54) is 12.8 Å². The maximum atomic E-state index is 12.4. The fourth-order valence-electron chi connectivity index (χ4n) is 5.14. The summed E-state index contributed by atoms with van der Waals surface area (Å²) in [5, 5.41) is 15.2. The van der Waals surface area contributed by atoms with Crippen LogP contribution in [0.4, 0.5) is 4.79 Å². The molecule has 3 aliphatic rings. The van der Waals surface area contributed by atoms with Crippen molar-refractivity contribution in [2.24, 2.45) is 16.7 Å². The number of urea groups is 1. The topological polar surface area (TPSA) is 68.2 Å². The first-order chi connectivity index (χ1) is 10.9. The summed E-state index contributed by atoms with van der Waals surface area (Å²) in [5.41, 5.74) is 0.554. The zero-order chi connectivity index (χ0) is 16.7. The molecule has 1 aliphatic heterocycles. The summed E-state index contributed by atoms with van der Waals surface area (Å²) >= 11 is 0. The van der Waals surface area contributed by atoms with E-state index in [0.717, 1.165) is 38.3 Å².